The van der Waals surface area contributed by atoms with Gasteiger partial charge >= 0.3 is 0 Å². The highest BCUT2D eigenvalue weighted by molar-refractivity contribution is 7.14. The van der Waals surface area contributed by atoms with Crippen molar-refractivity contribution in [2.75, 3.05) is 11.9 Å². The van der Waals surface area contributed by atoms with Crippen molar-refractivity contribution in [1.82, 2.24) is 4.98 Å². The quantitative estimate of drug-likeness (QED) is 0.533. The number of hydrogen-bond donors (Lipinski definition) is 1. The average Bonchev–Trinajstić information content (AvgIpc) is 3.08. The lowest BCUT2D eigenvalue weighted by Crippen LogP contribution is -2.11. The largest absolute Gasteiger partial charge is 0.494 e. The van der Waals surface area contributed by atoms with E-state index in [2.05, 4.69) is 10.3 Å². The van der Waals surface area contributed by atoms with Crippen molar-refractivity contribution in [3.63, 3.8) is 0 Å². The molecule has 0 unspecified atom stereocenters. The highest BCUT2D eigenvalue weighted by Gasteiger charge is 2.12. The SMILES string of the molecule is CCCOc1ccc(C(=O)Nc2nc(-c3ccc(Cl)cc3Cl)cs2)cc1. The van der Waals surface area contributed by atoms with Crippen molar-refractivity contribution < 1.29 is 9.53 Å². The summed E-state index contributed by atoms with van der Waals surface area (Å²) in [5.41, 5.74) is 2.00. The first kappa shape index (κ1) is 18.7. The zero-order valence-corrected chi connectivity index (χ0v) is 16.3. The summed E-state index contributed by atoms with van der Waals surface area (Å²) in [6.07, 6.45) is 0.937. The molecule has 0 bridgehead atoms. The van der Waals surface area contributed by atoms with E-state index >= 15 is 0 Å². The summed E-state index contributed by atoms with van der Waals surface area (Å²) in [6.45, 7) is 2.70. The molecule has 2 aromatic carbocycles. The molecule has 1 N–H and O–H groups in total. The number of hydrogen-bond acceptors (Lipinski definition) is 4. The molecular weight excluding hydrogens is 391 g/mol. The van der Waals surface area contributed by atoms with Crippen LogP contribution in [0.2, 0.25) is 10.0 Å². The molecule has 1 amide bonds. The maximum Gasteiger partial charge on any atom is 0.257 e. The molecule has 0 aliphatic rings. The van der Waals surface area contributed by atoms with Gasteiger partial charge in [0.2, 0.25) is 0 Å². The second-order valence-electron chi connectivity index (χ2n) is 5.49. The first-order valence-corrected chi connectivity index (χ1v) is 9.65. The summed E-state index contributed by atoms with van der Waals surface area (Å²) < 4.78 is 5.52. The lowest BCUT2D eigenvalue weighted by Gasteiger charge is -2.06. The van der Waals surface area contributed by atoms with Crippen LogP contribution in [0.1, 0.15) is 23.7 Å². The van der Waals surface area contributed by atoms with Gasteiger partial charge in [0.05, 0.1) is 17.3 Å². The molecule has 3 rings (SSSR count). The van der Waals surface area contributed by atoms with Crippen LogP contribution < -0.4 is 10.1 Å². The van der Waals surface area contributed by atoms with E-state index in [1.54, 1.807) is 42.5 Å². The molecule has 0 radical (unpaired) electrons. The molecule has 0 aliphatic carbocycles. The maximum atomic E-state index is 12.4. The molecule has 4 nitrogen and oxygen atoms in total. The van der Waals surface area contributed by atoms with E-state index in [-0.39, 0.29) is 5.91 Å². The van der Waals surface area contributed by atoms with Crippen LogP contribution in [-0.2, 0) is 0 Å². The molecule has 1 aromatic heterocycles. The van der Waals surface area contributed by atoms with Crippen molar-refractivity contribution in [2.45, 2.75) is 13.3 Å². The first-order valence-electron chi connectivity index (χ1n) is 8.02. The smallest absolute Gasteiger partial charge is 0.257 e. The molecule has 7 heteroatoms. The van der Waals surface area contributed by atoms with Crippen LogP contribution in [0.3, 0.4) is 0 Å². The monoisotopic (exact) mass is 406 g/mol. The van der Waals surface area contributed by atoms with Crippen LogP contribution in [0, 0.1) is 0 Å². The fourth-order valence-corrected chi connectivity index (χ4v) is 3.45. The average molecular weight is 407 g/mol. The maximum absolute atomic E-state index is 12.4. The van der Waals surface area contributed by atoms with Crippen molar-refractivity contribution >= 4 is 45.6 Å². The predicted octanol–water partition coefficient (Wildman–Crippen LogP) is 6.16. The number of anilines is 1. The number of halogens is 2. The summed E-state index contributed by atoms with van der Waals surface area (Å²) in [7, 11) is 0. The van der Waals surface area contributed by atoms with E-state index in [9.17, 15) is 4.79 Å². The molecular formula is C19H16Cl2N2O2S. The molecule has 0 aliphatic heterocycles. The molecule has 134 valence electrons. The Bertz CT molecular complexity index is 910. The van der Waals surface area contributed by atoms with Crippen LogP contribution in [0.25, 0.3) is 11.3 Å². The molecule has 0 saturated carbocycles. The Morgan fingerprint density at radius 1 is 1.19 bits per heavy atom. The van der Waals surface area contributed by atoms with Gasteiger partial charge in [-0.25, -0.2) is 4.98 Å². The van der Waals surface area contributed by atoms with Gasteiger partial charge in [0, 0.05) is 21.5 Å². The number of aromatic nitrogens is 1. The summed E-state index contributed by atoms with van der Waals surface area (Å²) in [6, 6.07) is 12.2. The Kier molecular flexibility index (Phi) is 6.14. The van der Waals surface area contributed by atoms with Crippen LogP contribution in [0.4, 0.5) is 5.13 Å². The van der Waals surface area contributed by atoms with E-state index < -0.39 is 0 Å². The first-order chi connectivity index (χ1) is 12.6. The number of nitrogens with zero attached hydrogens (tertiary/aromatic N) is 1. The molecule has 26 heavy (non-hydrogen) atoms. The van der Waals surface area contributed by atoms with Gasteiger partial charge in [-0.1, -0.05) is 30.1 Å². The number of ether oxygens (including phenoxy) is 1. The zero-order chi connectivity index (χ0) is 18.5. The second-order valence-corrected chi connectivity index (χ2v) is 7.19. The van der Waals surface area contributed by atoms with E-state index in [0.717, 1.165) is 17.7 Å². The highest BCUT2D eigenvalue weighted by Crippen LogP contribution is 2.32. The van der Waals surface area contributed by atoms with Gasteiger partial charge in [0.25, 0.3) is 5.91 Å². The van der Waals surface area contributed by atoms with Crippen LogP contribution in [0.5, 0.6) is 5.75 Å². The van der Waals surface area contributed by atoms with Crippen LogP contribution in [0.15, 0.2) is 47.8 Å². The Balaban J connectivity index is 1.69. The number of amides is 1. The number of carbonyl (C=O) groups excluding carboxylic acids is 1. The highest BCUT2D eigenvalue weighted by atomic mass is 35.5. The number of benzene rings is 2. The van der Waals surface area contributed by atoms with Crippen molar-refractivity contribution in [3.05, 3.63) is 63.5 Å². The van der Waals surface area contributed by atoms with E-state index in [0.29, 0.717) is 33.0 Å². The third kappa shape index (κ3) is 4.55. The molecule has 0 saturated heterocycles. The summed E-state index contributed by atoms with van der Waals surface area (Å²) in [4.78, 5) is 16.8. The Hall–Kier alpha value is -2.08. The minimum Gasteiger partial charge on any atom is -0.494 e. The second kappa shape index (κ2) is 8.54. The number of carbonyl (C=O) groups is 1. The van der Waals surface area contributed by atoms with Crippen LogP contribution in [-0.4, -0.2) is 17.5 Å². The van der Waals surface area contributed by atoms with Crippen LogP contribution >= 0.6 is 34.5 Å². The van der Waals surface area contributed by atoms with Gasteiger partial charge in [-0.15, -0.1) is 11.3 Å². The molecule has 0 spiro atoms. The topological polar surface area (TPSA) is 51.2 Å². The van der Waals surface area contributed by atoms with Crippen molar-refractivity contribution in [2.24, 2.45) is 0 Å². The van der Waals surface area contributed by atoms with E-state index in [1.807, 2.05) is 12.3 Å². The minimum absolute atomic E-state index is 0.227. The van der Waals surface area contributed by atoms with Gasteiger partial charge in [-0.2, -0.15) is 0 Å². The van der Waals surface area contributed by atoms with E-state index in [4.69, 9.17) is 27.9 Å². The third-order valence-electron chi connectivity index (χ3n) is 3.52. The summed E-state index contributed by atoms with van der Waals surface area (Å²) in [5, 5.41) is 6.22. The number of nitrogens with one attached hydrogen (secondary N) is 1. The van der Waals surface area contributed by atoms with Gasteiger partial charge in [0.1, 0.15) is 5.75 Å². The van der Waals surface area contributed by atoms with Gasteiger partial charge in [0.15, 0.2) is 5.13 Å². The standard InChI is InChI=1S/C19H16Cl2N2O2S/c1-2-9-25-14-6-3-12(4-7-14)18(24)23-19-22-17(11-26-19)15-8-5-13(20)10-16(15)21/h3-8,10-11H,2,9H2,1H3,(H,22,23,24). The van der Waals surface area contributed by atoms with Crippen molar-refractivity contribution in [3.8, 4) is 17.0 Å². The molecule has 0 atom stereocenters. The predicted molar refractivity (Wildman–Crippen MR) is 108 cm³/mol. The van der Waals surface area contributed by atoms with Gasteiger partial charge in [-0.3, -0.25) is 10.1 Å². The minimum atomic E-state index is -0.227. The molecule has 0 fully saturated rings. The number of rotatable bonds is 6. The molecule has 3 aromatic rings. The Morgan fingerprint density at radius 2 is 1.96 bits per heavy atom. The zero-order valence-electron chi connectivity index (χ0n) is 14.0. The van der Waals surface area contributed by atoms with Crippen molar-refractivity contribution in [1.29, 1.82) is 0 Å². The fraction of sp³-hybridized carbons (Fsp3) is 0.158. The number of thiazole rings is 1. The Labute approximate surface area is 165 Å². The third-order valence-corrected chi connectivity index (χ3v) is 4.83. The van der Waals surface area contributed by atoms with E-state index in [1.165, 1.54) is 11.3 Å². The summed E-state index contributed by atoms with van der Waals surface area (Å²) >= 11 is 13.5. The normalized spacial score (nSPS) is 10.6. The van der Waals surface area contributed by atoms with Gasteiger partial charge in [-0.05, 0) is 48.9 Å². The lowest BCUT2D eigenvalue weighted by atomic mass is 10.2. The Morgan fingerprint density at radius 3 is 2.65 bits per heavy atom. The lowest BCUT2D eigenvalue weighted by molar-refractivity contribution is 0.102. The molecule has 1 heterocycles. The fourth-order valence-electron chi connectivity index (χ4n) is 2.24. The van der Waals surface area contributed by atoms with Gasteiger partial charge < -0.3 is 4.74 Å². The summed E-state index contributed by atoms with van der Waals surface area (Å²) in [5.74, 6) is 0.521.